The lowest BCUT2D eigenvalue weighted by atomic mass is 9.88. The smallest absolute Gasteiger partial charge is 0.251 e. The molecule has 0 aliphatic carbocycles. The highest BCUT2D eigenvalue weighted by Gasteiger charge is 2.47. The van der Waals surface area contributed by atoms with Crippen molar-refractivity contribution in [2.75, 3.05) is 20.2 Å². The van der Waals surface area contributed by atoms with Crippen molar-refractivity contribution in [3.63, 3.8) is 0 Å². The predicted octanol–water partition coefficient (Wildman–Crippen LogP) is 2.49. The van der Waals surface area contributed by atoms with Gasteiger partial charge in [0.1, 0.15) is 17.2 Å². The number of rotatable bonds is 6. The summed E-state index contributed by atoms with van der Waals surface area (Å²) in [6.45, 7) is 3.59. The van der Waals surface area contributed by atoms with Crippen LogP contribution in [0.15, 0.2) is 61.2 Å². The molecule has 0 unspecified atom stereocenters. The Balaban J connectivity index is 1.24. The van der Waals surface area contributed by atoms with Crippen LogP contribution in [-0.2, 0) is 34.8 Å². The van der Waals surface area contributed by atoms with Gasteiger partial charge in [-0.2, -0.15) is 0 Å². The average molecular weight is 448 g/mol. The van der Waals surface area contributed by atoms with Gasteiger partial charge in [-0.1, -0.05) is 12.1 Å². The summed E-state index contributed by atoms with van der Waals surface area (Å²) in [5.74, 6) is 1.64. The van der Waals surface area contributed by atoms with Crippen LogP contribution in [0.25, 0.3) is 0 Å². The van der Waals surface area contributed by atoms with Gasteiger partial charge in [-0.25, -0.2) is 4.98 Å². The van der Waals surface area contributed by atoms with Crippen LogP contribution in [0.3, 0.4) is 0 Å². The number of nitrogens with zero attached hydrogens (tertiary/aromatic N) is 4. The summed E-state index contributed by atoms with van der Waals surface area (Å²) in [5.41, 5.74) is 1.74. The highest BCUT2D eigenvalue weighted by molar-refractivity contribution is 5.81. The third-order valence-corrected chi connectivity index (χ3v) is 6.59. The third kappa shape index (κ3) is 4.62. The molecule has 2 aliphatic heterocycles. The van der Waals surface area contributed by atoms with Gasteiger partial charge in [-0.05, 0) is 48.2 Å². The number of imidazole rings is 1. The number of hydrogen-bond donors (Lipinski definition) is 1. The predicted molar refractivity (Wildman–Crippen MR) is 122 cm³/mol. The number of piperidine rings is 1. The van der Waals surface area contributed by atoms with E-state index >= 15 is 0 Å². The number of carbonyl (C=O) groups is 1. The van der Waals surface area contributed by atoms with E-state index in [1.165, 1.54) is 5.56 Å². The van der Waals surface area contributed by atoms with Crippen molar-refractivity contribution in [2.45, 2.75) is 44.2 Å². The van der Waals surface area contributed by atoms with E-state index in [1.54, 1.807) is 13.3 Å². The number of amides is 1. The largest absolute Gasteiger partial charge is 0.497 e. The van der Waals surface area contributed by atoms with E-state index in [-0.39, 0.29) is 5.91 Å². The molecule has 8 nitrogen and oxygen atoms in total. The lowest BCUT2D eigenvalue weighted by molar-refractivity contribution is -0.174. The molecule has 0 saturated carbocycles. The molecule has 1 spiro atoms. The molecule has 1 amide bonds. The summed E-state index contributed by atoms with van der Waals surface area (Å²) < 4.78 is 13.8. The first-order valence-corrected chi connectivity index (χ1v) is 11.4. The minimum Gasteiger partial charge on any atom is -0.497 e. The molecule has 5 rings (SSSR count). The van der Waals surface area contributed by atoms with E-state index in [1.807, 2.05) is 42.9 Å². The van der Waals surface area contributed by atoms with Gasteiger partial charge in [0, 0.05) is 51.0 Å². The Hall–Kier alpha value is -3.23. The van der Waals surface area contributed by atoms with E-state index in [4.69, 9.17) is 9.47 Å². The minimum absolute atomic E-state index is 0.0937. The maximum Gasteiger partial charge on any atom is 0.251 e. The Labute approximate surface area is 193 Å². The Morgan fingerprint density at radius 1 is 1.12 bits per heavy atom. The number of nitrogens with one attached hydrogen (secondary N) is 1. The Kier molecular flexibility index (Phi) is 6.11. The third-order valence-electron chi connectivity index (χ3n) is 6.59. The summed E-state index contributed by atoms with van der Waals surface area (Å²) in [7, 11) is 1.64. The van der Waals surface area contributed by atoms with Crippen LogP contribution in [0.1, 0.15) is 29.8 Å². The van der Waals surface area contributed by atoms with Crippen LogP contribution < -0.4 is 10.1 Å². The molecule has 3 aromatic rings. The number of benzene rings is 1. The van der Waals surface area contributed by atoms with Crippen LogP contribution >= 0.6 is 0 Å². The minimum atomic E-state index is -0.545. The maximum atomic E-state index is 13.0. The molecule has 1 N–H and O–H groups in total. The molecule has 1 atom stereocenters. The van der Waals surface area contributed by atoms with Gasteiger partial charge >= 0.3 is 0 Å². The van der Waals surface area contributed by atoms with E-state index in [0.29, 0.717) is 13.1 Å². The molecule has 33 heavy (non-hydrogen) atoms. The van der Waals surface area contributed by atoms with Crippen molar-refractivity contribution in [3.05, 3.63) is 78.1 Å². The first-order valence-electron chi connectivity index (χ1n) is 11.4. The molecule has 1 aromatic carbocycles. The topological polar surface area (TPSA) is 81.5 Å². The fourth-order valence-corrected chi connectivity index (χ4v) is 4.74. The van der Waals surface area contributed by atoms with Crippen molar-refractivity contribution in [2.24, 2.45) is 0 Å². The second kappa shape index (κ2) is 9.33. The number of fused-ring (bicyclic) bond motifs is 2. The summed E-state index contributed by atoms with van der Waals surface area (Å²) in [4.78, 5) is 24.2. The quantitative estimate of drug-likeness (QED) is 0.625. The molecule has 4 heterocycles. The van der Waals surface area contributed by atoms with Crippen molar-refractivity contribution < 1.29 is 14.3 Å². The summed E-state index contributed by atoms with van der Waals surface area (Å²) in [6, 6.07) is 11.8. The molecule has 2 aliphatic rings. The van der Waals surface area contributed by atoms with Gasteiger partial charge in [0.2, 0.25) is 0 Å². The zero-order valence-corrected chi connectivity index (χ0v) is 18.8. The second-order valence-corrected chi connectivity index (χ2v) is 8.70. The van der Waals surface area contributed by atoms with Gasteiger partial charge in [0.25, 0.3) is 5.91 Å². The summed E-state index contributed by atoms with van der Waals surface area (Å²) >= 11 is 0. The maximum absolute atomic E-state index is 13.0. The van der Waals surface area contributed by atoms with E-state index in [9.17, 15) is 4.79 Å². The highest BCUT2D eigenvalue weighted by atomic mass is 16.5. The van der Waals surface area contributed by atoms with Crippen molar-refractivity contribution in [1.82, 2.24) is 24.8 Å². The molecule has 2 aromatic heterocycles. The zero-order valence-electron chi connectivity index (χ0n) is 18.8. The molecule has 0 bridgehead atoms. The number of methoxy groups -OCH3 is 1. The highest BCUT2D eigenvalue weighted by Crippen LogP contribution is 2.40. The molecule has 172 valence electrons. The van der Waals surface area contributed by atoms with Gasteiger partial charge in [-0.3, -0.25) is 14.7 Å². The Bertz CT molecular complexity index is 1070. The second-order valence-electron chi connectivity index (χ2n) is 8.70. The summed E-state index contributed by atoms with van der Waals surface area (Å²) in [6.07, 6.45) is 8.48. The van der Waals surface area contributed by atoms with E-state index in [0.717, 1.165) is 49.6 Å². The van der Waals surface area contributed by atoms with Gasteiger partial charge in [0.05, 0.1) is 13.7 Å². The van der Waals surface area contributed by atoms with Gasteiger partial charge in [0.15, 0.2) is 6.10 Å². The lowest BCUT2D eigenvalue weighted by Crippen LogP contribution is -2.53. The lowest BCUT2D eigenvalue weighted by Gasteiger charge is -2.45. The first kappa shape index (κ1) is 21.6. The number of carbonyl (C=O) groups excluding carboxylic acids is 1. The van der Waals surface area contributed by atoms with Gasteiger partial charge in [-0.15, -0.1) is 0 Å². The van der Waals surface area contributed by atoms with Gasteiger partial charge < -0.3 is 19.4 Å². The van der Waals surface area contributed by atoms with E-state index < -0.39 is 11.7 Å². The molecular weight excluding hydrogens is 418 g/mol. The fraction of sp³-hybridized carbons (Fsp3) is 0.400. The molecular formula is C25H29N5O3. The molecule has 1 fully saturated rings. The van der Waals surface area contributed by atoms with Crippen LogP contribution in [0, 0.1) is 0 Å². The molecule has 1 saturated heterocycles. The fourth-order valence-electron chi connectivity index (χ4n) is 4.74. The van der Waals surface area contributed by atoms with Crippen LogP contribution in [-0.4, -0.2) is 51.6 Å². The van der Waals surface area contributed by atoms with Crippen molar-refractivity contribution >= 4 is 5.91 Å². The van der Waals surface area contributed by atoms with Crippen molar-refractivity contribution in [1.29, 1.82) is 0 Å². The SMILES string of the molecule is COc1ccc(CNC(=O)[C@@H]2Cn3ccnc3C3(CCN(Cc4ccncc4)CC3)O2)cc1. The monoisotopic (exact) mass is 447 g/mol. The van der Waals surface area contributed by atoms with Crippen LogP contribution in [0.2, 0.25) is 0 Å². The number of aromatic nitrogens is 3. The molecule has 8 heteroatoms. The molecule has 0 radical (unpaired) electrons. The van der Waals surface area contributed by atoms with E-state index in [2.05, 4.69) is 36.9 Å². The van der Waals surface area contributed by atoms with Crippen LogP contribution in [0.5, 0.6) is 5.75 Å². The zero-order chi connectivity index (χ0) is 22.7. The first-order chi connectivity index (χ1) is 16.1. The standard InChI is InChI=1S/C25H29N5O3/c1-32-21-4-2-19(3-5-21)16-28-23(31)22-18-30-15-12-27-24(30)25(33-22)8-13-29(14-9-25)17-20-6-10-26-11-7-20/h2-7,10-12,15,22H,8-9,13-14,16-18H2,1H3,(H,28,31)/t22-/m0/s1. The summed E-state index contributed by atoms with van der Waals surface area (Å²) in [5, 5.41) is 3.04. The number of likely N-dealkylation sites (tertiary alicyclic amines) is 1. The van der Waals surface area contributed by atoms with Crippen LogP contribution in [0.4, 0.5) is 0 Å². The average Bonchev–Trinajstić information content (AvgIpc) is 3.35. The number of ether oxygens (including phenoxy) is 2. The normalized spacial score (nSPS) is 19.7. The Morgan fingerprint density at radius 3 is 2.61 bits per heavy atom. The number of hydrogen-bond acceptors (Lipinski definition) is 6. The Morgan fingerprint density at radius 2 is 1.88 bits per heavy atom. The number of pyridine rings is 1. The van der Waals surface area contributed by atoms with Crippen molar-refractivity contribution in [3.8, 4) is 5.75 Å².